The Labute approximate surface area is 104 Å². The molecule has 1 saturated carbocycles. The highest BCUT2D eigenvalue weighted by molar-refractivity contribution is 5.29. The minimum Gasteiger partial charge on any atom is -0.324 e. The van der Waals surface area contributed by atoms with Crippen LogP contribution < -0.4 is 5.73 Å². The molecular formula is C16H21N. The fraction of sp³-hybridized carbons (Fsp3) is 0.500. The van der Waals surface area contributed by atoms with Gasteiger partial charge in [0.2, 0.25) is 0 Å². The van der Waals surface area contributed by atoms with Crippen molar-refractivity contribution in [2.75, 3.05) is 0 Å². The molecule has 0 amide bonds. The van der Waals surface area contributed by atoms with Crippen molar-refractivity contribution < 1.29 is 0 Å². The van der Waals surface area contributed by atoms with E-state index in [1.807, 2.05) is 0 Å². The van der Waals surface area contributed by atoms with E-state index in [1.165, 1.54) is 43.2 Å². The van der Waals surface area contributed by atoms with Crippen molar-refractivity contribution in [3.8, 4) is 0 Å². The maximum absolute atomic E-state index is 6.41. The number of hydrogen-bond donors (Lipinski definition) is 1. The summed E-state index contributed by atoms with van der Waals surface area (Å²) in [5.41, 5.74) is 9.42. The van der Waals surface area contributed by atoms with E-state index in [2.05, 4.69) is 36.4 Å². The zero-order valence-electron chi connectivity index (χ0n) is 10.3. The van der Waals surface area contributed by atoms with Crippen LogP contribution in [0.3, 0.4) is 0 Å². The molecule has 1 fully saturated rings. The highest BCUT2D eigenvalue weighted by Gasteiger charge is 2.43. The van der Waals surface area contributed by atoms with E-state index in [0.29, 0.717) is 17.9 Å². The van der Waals surface area contributed by atoms with Gasteiger partial charge in [0.25, 0.3) is 0 Å². The molecule has 3 atom stereocenters. The molecule has 3 rings (SSSR count). The van der Waals surface area contributed by atoms with Gasteiger partial charge in [-0.25, -0.2) is 0 Å². The Morgan fingerprint density at radius 2 is 1.94 bits per heavy atom. The fourth-order valence-corrected chi connectivity index (χ4v) is 3.14. The lowest BCUT2D eigenvalue weighted by atomic mass is 9.91. The molecule has 0 saturated heterocycles. The number of benzene rings is 1. The molecule has 17 heavy (non-hydrogen) atoms. The Morgan fingerprint density at radius 3 is 2.65 bits per heavy atom. The van der Waals surface area contributed by atoms with Gasteiger partial charge in [-0.15, -0.1) is 0 Å². The quantitative estimate of drug-likeness (QED) is 0.784. The molecule has 1 nitrogen and oxygen atoms in total. The van der Waals surface area contributed by atoms with E-state index in [4.69, 9.17) is 5.73 Å². The zero-order valence-corrected chi connectivity index (χ0v) is 10.3. The van der Waals surface area contributed by atoms with Crippen LogP contribution in [0.1, 0.15) is 43.6 Å². The van der Waals surface area contributed by atoms with Crippen molar-refractivity contribution in [2.24, 2.45) is 11.7 Å². The van der Waals surface area contributed by atoms with Crippen LogP contribution in [-0.4, -0.2) is 6.04 Å². The third-order valence-electron chi connectivity index (χ3n) is 4.28. The number of nitrogens with two attached hydrogens (primary N) is 1. The van der Waals surface area contributed by atoms with E-state index in [9.17, 15) is 0 Å². The van der Waals surface area contributed by atoms with Gasteiger partial charge in [-0.3, -0.25) is 0 Å². The van der Waals surface area contributed by atoms with Gasteiger partial charge in [-0.05, 0) is 49.5 Å². The molecule has 0 radical (unpaired) electrons. The zero-order chi connectivity index (χ0) is 11.7. The third-order valence-corrected chi connectivity index (χ3v) is 4.28. The normalized spacial score (nSPS) is 29.6. The monoisotopic (exact) mass is 227 g/mol. The number of rotatable bonds is 3. The summed E-state index contributed by atoms with van der Waals surface area (Å²) in [5, 5.41) is 0. The minimum absolute atomic E-state index is 0.320. The lowest BCUT2D eigenvalue weighted by molar-refractivity contribution is 0.584. The van der Waals surface area contributed by atoms with Crippen LogP contribution >= 0.6 is 0 Å². The maximum Gasteiger partial charge on any atom is 0.0288 e. The Bertz CT molecular complexity index is 407. The van der Waals surface area contributed by atoms with Gasteiger partial charge >= 0.3 is 0 Å². The largest absolute Gasteiger partial charge is 0.324 e. The smallest absolute Gasteiger partial charge is 0.0288 e. The molecule has 2 N–H and O–H groups in total. The summed E-state index contributed by atoms with van der Waals surface area (Å²) in [5.74, 6) is 1.41. The van der Waals surface area contributed by atoms with Gasteiger partial charge < -0.3 is 5.73 Å². The van der Waals surface area contributed by atoms with E-state index >= 15 is 0 Å². The van der Waals surface area contributed by atoms with Crippen LogP contribution in [0.4, 0.5) is 0 Å². The van der Waals surface area contributed by atoms with Gasteiger partial charge in [0.15, 0.2) is 0 Å². The Balaban J connectivity index is 1.66. The second-order valence-electron chi connectivity index (χ2n) is 5.47. The molecule has 3 unspecified atom stereocenters. The van der Waals surface area contributed by atoms with Crippen LogP contribution in [0.15, 0.2) is 42.0 Å². The second kappa shape index (κ2) is 4.66. The summed E-state index contributed by atoms with van der Waals surface area (Å²) in [4.78, 5) is 0. The molecule has 2 aliphatic rings. The molecule has 2 aliphatic carbocycles. The highest BCUT2D eigenvalue weighted by Crippen LogP contribution is 2.50. The van der Waals surface area contributed by atoms with Crippen molar-refractivity contribution >= 4 is 0 Å². The third kappa shape index (κ3) is 2.30. The van der Waals surface area contributed by atoms with Gasteiger partial charge in [0.05, 0.1) is 0 Å². The topological polar surface area (TPSA) is 26.0 Å². The highest BCUT2D eigenvalue weighted by atomic mass is 14.7. The molecule has 0 heterocycles. The van der Waals surface area contributed by atoms with E-state index in [1.54, 1.807) is 0 Å². The standard InChI is InChI=1S/C16H21N/c17-16(13-9-5-2-6-10-13)15-11-14(15)12-7-3-1-4-8-12/h1,3-4,7-9,14-16H,2,5-6,10-11,17H2. The summed E-state index contributed by atoms with van der Waals surface area (Å²) in [6, 6.07) is 11.2. The van der Waals surface area contributed by atoms with Crippen molar-refractivity contribution in [3.05, 3.63) is 47.5 Å². The molecule has 0 spiro atoms. The van der Waals surface area contributed by atoms with Crippen molar-refractivity contribution in [1.82, 2.24) is 0 Å². The summed E-state index contributed by atoms with van der Waals surface area (Å²) in [6.45, 7) is 0. The molecule has 90 valence electrons. The molecular weight excluding hydrogens is 206 g/mol. The van der Waals surface area contributed by atoms with Crippen LogP contribution in [0.5, 0.6) is 0 Å². The van der Waals surface area contributed by atoms with Gasteiger partial charge in [0.1, 0.15) is 0 Å². The predicted octanol–water partition coefficient (Wildman–Crippen LogP) is 3.62. The van der Waals surface area contributed by atoms with E-state index in [-0.39, 0.29) is 0 Å². The fourth-order valence-electron chi connectivity index (χ4n) is 3.14. The van der Waals surface area contributed by atoms with Crippen LogP contribution in [-0.2, 0) is 0 Å². The lowest BCUT2D eigenvalue weighted by Gasteiger charge is -2.19. The minimum atomic E-state index is 0.320. The summed E-state index contributed by atoms with van der Waals surface area (Å²) in [7, 11) is 0. The summed E-state index contributed by atoms with van der Waals surface area (Å²) >= 11 is 0. The van der Waals surface area contributed by atoms with E-state index < -0.39 is 0 Å². The Morgan fingerprint density at radius 1 is 1.12 bits per heavy atom. The average molecular weight is 227 g/mol. The first-order valence-corrected chi connectivity index (χ1v) is 6.86. The van der Waals surface area contributed by atoms with Crippen LogP contribution in [0.2, 0.25) is 0 Å². The Hall–Kier alpha value is -1.08. The molecule has 0 aromatic heterocycles. The number of allylic oxidation sites excluding steroid dienone is 1. The van der Waals surface area contributed by atoms with Crippen LogP contribution in [0.25, 0.3) is 0 Å². The maximum atomic E-state index is 6.41. The lowest BCUT2D eigenvalue weighted by Crippen LogP contribution is -2.26. The van der Waals surface area contributed by atoms with E-state index in [0.717, 1.165) is 0 Å². The van der Waals surface area contributed by atoms with Crippen molar-refractivity contribution in [2.45, 2.75) is 44.1 Å². The number of hydrogen-bond acceptors (Lipinski definition) is 1. The van der Waals surface area contributed by atoms with Gasteiger partial charge in [-0.1, -0.05) is 42.0 Å². The second-order valence-corrected chi connectivity index (χ2v) is 5.47. The molecule has 0 bridgehead atoms. The first-order valence-electron chi connectivity index (χ1n) is 6.86. The molecule has 1 heteroatoms. The molecule has 1 aromatic carbocycles. The summed E-state index contributed by atoms with van der Waals surface area (Å²) in [6.07, 6.45) is 8.84. The SMILES string of the molecule is NC(C1=CCCCC1)C1CC1c1ccccc1. The summed E-state index contributed by atoms with van der Waals surface area (Å²) < 4.78 is 0. The van der Waals surface area contributed by atoms with Gasteiger partial charge in [0, 0.05) is 6.04 Å². The van der Waals surface area contributed by atoms with Crippen LogP contribution in [0, 0.1) is 5.92 Å². The van der Waals surface area contributed by atoms with Crippen molar-refractivity contribution in [1.29, 1.82) is 0 Å². The Kier molecular flexibility index (Phi) is 3.02. The molecule has 1 aromatic rings. The first-order chi connectivity index (χ1) is 8.36. The molecule has 0 aliphatic heterocycles. The average Bonchev–Trinajstić information content (AvgIpc) is 3.20. The first kappa shape index (κ1) is 11.0. The van der Waals surface area contributed by atoms with Gasteiger partial charge in [-0.2, -0.15) is 0 Å². The van der Waals surface area contributed by atoms with Crippen molar-refractivity contribution in [3.63, 3.8) is 0 Å². The predicted molar refractivity (Wildman–Crippen MR) is 71.8 cm³/mol.